The molecular formula is C17H20N4S. The van der Waals surface area contributed by atoms with Crippen LogP contribution in [0.25, 0.3) is 10.2 Å². The maximum atomic E-state index is 4.61. The van der Waals surface area contributed by atoms with Crippen molar-refractivity contribution in [3.63, 3.8) is 0 Å². The number of nitrogens with zero attached hydrogens (tertiary/aromatic N) is 4. The van der Waals surface area contributed by atoms with Crippen molar-refractivity contribution >= 4 is 27.4 Å². The van der Waals surface area contributed by atoms with E-state index in [0.717, 1.165) is 23.7 Å². The molecule has 22 heavy (non-hydrogen) atoms. The van der Waals surface area contributed by atoms with Crippen molar-refractivity contribution in [2.24, 2.45) is 0 Å². The van der Waals surface area contributed by atoms with Crippen LogP contribution in [0, 0.1) is 13.8 Å². The van der Waals surface area contributed by atoms with Gasteiger partial charge in [0.2, 0.25) is 0 Å². The molecule has 1 aliphatic rings. The van der Waals surface area contributed by atoms with Gasteiger partial charge in [0.05, 0.1) is 5.39 Å². The lowest BCUT2D eigenvalue weighted by molar-refractivity contribution is 0.396. The van der Waals surface area contributed by atoms with E-state index in [1.807, 2.05) is 0 Å². The molecule has 0 spiro atoms. The second kappa shape index (κ2) is 5.39. The summed E-state index contributed by atoms with van der Waals surface area (Å²) in [5.41, 5.74) is 1.34. The molecule has 1 fully saturated rings. The maximum Gasteiger partial charge on any atom is 0.141 e. The molecule has 3 aromatic rings. The second-order valence-corrected chi connectivity index (χ2v) is 7.21. The van der Waals surface area contributed by atoms with Gasteiger partial charge in [-0.2, -0.15) is 0 Å². The molecule has 0 radical (unpaired) electrons. The lowest BCUT2D eigenvalue weighted by atomic mass is 10.0. The van der Waals surface area contributed by atoms with E-state index in [-0.39, 0.29) is 0 Å². The molecule has 4 rings (SSSR count). The summed E-state index contributed by atoms with van der Waals surface area (Å²) in [4.78, 5) is 14.0. The average Bonchev–Trinajstić information content (AvgIpc) is 3.17. The summed E-state index contributed by atoms with van der Waals surface area (Å²) in [7, 11) is 0. The van der Waals surface area contributed by atoms with Crippen LogP contribution in [-0.2, 0) is 0 Å². The van der Waals surface area contributed by atoms with Crippen LogP contribution < -0.4 is 4.90 Å². The molecule has 0 saturated carbocycles. The smallest absolute Gasteiger partial charge is 0.141 e. The number of rotatable bonds is 2. The molecule has 0 aromatic carbocycles. The Labute approximate surface area is 134 Å². The number of hydrogen-bond acceptors (Lipinski definition) is 4. The third kappa shape index (κ3) is 2.20. The Morgan fingerprint density at radius 3 is 2.55 bits per heavy atom. The quantitative estimate of drug-likeness (QED) is 0.718. The van der Waals surface area contributed by atoms with Crippen LogP contribution in [0.1, 0.15) is 29.3 Å². The first-order chi connectivity index (χ1) is 10.7. The summed E-state index contributed by atoms with van der Waals surface area (Å²) in [5, 5.41) is 1.25. The normalized spacial score (nSPS) is 16.5. The van der Waals surface area contributed by atoms with E-state index in [1.54, 1.807) is 17.7 Å². The van der Waals surface area contributed by atoms with Crippen LogP contribution in [-0.4, -0.2) is 27.6 Å². The highest BCUT2D eigenvalue weighted by atomic mass is 32.1. The number of aromatic nitrogens is 3. The lowest BCUT2D eigenvalue weighted by Crippen LogP contribution is -2.35. The summed E-state index contributed by atoms with van der Waals surface area (Å²) in [5.74, 6) is 1.12. The minimum absolute atomic E-state index is 0.619. The van der Waals surface area contributed by atoms with Gasteiger partial charge in [-0.25, -0.2) is 9.97 Å². The molecule has 0 aliphatic carbocycles. The van der Waals surface area contributed by atoms with Crippen LogP contribution in [0.5, 0.6) is 0 Å². The van der Waals surface area contributed by atoms with E-state index in [0.29, 0.717) is 6.04 Å². The number of thiophene rings is 1. The van der Waals surface area contributed by atoms with Crippen LogP contribution in [0.2, 0.25) is 0 Å². The Morgan fingerprint density at radius 1 is 1.09 bits per heavy atom. The molecule has 5 heteroatoms. The number of fused-ring (bicyclic) bond motifs is 1. The predicted octanol–water partition coefficient (Wildman–Crippen LogP) is 3.95. The van der Waals surface area contributed by atoms with E-state index in [2.05, 4.69) is 57.8 Å². The second-order valence-electron chi connectivity index (χ2n) is 6.01. The first-order valence-electron chi connectivity index (χ1n) is 7.82. The highest BCUT2D eigenvalue weighted by Crippen LogP contribution is 2.36. The molecular weight excluding hydrogens is 292 g/mol. The van der Waals surface area contributed by atoms with E-state index >= 15 is 0 Å². The van der Waals surface area contributed by atoms with Crippen molar-refractivity contribution < 1.29 is 0 Å². The van der Waals surface area contributed by atoms with Gasteiger partial charge in [0.15, 0.2) is 0 Å². The van der Waals surface area contributed by atoms with Gasteiger partial charge in [0.25, 0.3) is 0 Å². The summed E-state index contributed by atoms with van der Waals surface area (Å²) in [6.07, 6.45) is 8.40. The van der Waals surface area contributed by atoms with Crippen molar-refractivity contribution in [2.45, 2.75) is 32.7 Å². The minimum atomic E-state index is 0.619. The maximum absolute atomic E-state index is 4.61. The molecule has 1 saturated heterocycles. The SMILES string of the molecule is Cc1sc2ncnc(N3CCC(n4cccc4)CC3)c2c1C. The Bertz CT molecular complexity index is 782. The predicted molar refractivity (Wildman–Crippen MR) is 91.8 cm³/mol. The number of hydrogen-bond donors (Lipinski definition) is 0. The first-order valence-corrected chi connectivity index (χ1v) is 8.64. The fraction of sp³-hybridized carbons (Fsp3) is 0.412. The zero-order valence-corrected chi connectivity index (χ0v) is 13.8. The number of piperidine rings is 1. The van der Waals surface area contributed by atoms with E-state index < -0.39 is 0 Å². The number of anilines is 1. The van der Waals surface area contributed by atoms with Gasteiger partial charge < -0.3 is 9.47 Å². The fourth-order valence-electron chi connectivity index (χ4n) is 3.37. The zero-order chi connectivity index (χ0) is 15.1. The Hall–Kier alpha value is -1.88. The standard InChI is InChI=1S/C17H20N4S/c1-12-13(2)22-17-15(12)16(18-11-19-17)21-9-5-14(6-10-21)20-7-3-4-8-20/h3-4,7-8,11,14H,5-6,9-10H2,1-2H3. The van der Waals surface area contributed by atoms with E-state index in [4.69, 9.17) is 0 Å². The Balaban J connectivity index is 1.61. The number of aryl methyl sites for hydroxylation is 2. The molecule has 0 bridgehead atoms. The third-order valence-corrected chi connectivity index (χ3v) is 5.87. The van der Waals surface area contributed by atoms with E-state index in [1.165, 1.54) is 28.7 Å². The zero-order valence-electron chi connectivity index (χ0n) is 13.0. The molecule has 4 nitrogen and oxygen atoms in total. The van der Waals surface area contributed by atoms with Crippen LogP contribution >= 0.6 is 11.3 Å². The molecule has 3 aromatic heterocycles. The molecule has 0 atom stereocenters. The van der Waals surface area contributed by atoms with E-state index in [9.17, 15) is 0 Å². The fourth-order valence-corrected chi connectivity index (χ4v) is 4.36. The molecule has 0 N–H and O–H groups in total. The summed E-state index contributed by atoms with van der Waals surface area (Å²) in [6.45, 7) is 6.48. The van der Waals surface area contributed by atoms with Gasteiger partial charge in [-0.05, 0) is 44.4 Å². The average molecular weight is 312 g/mol. The highest BCUT2D eigenvalue weighted by molar-refractivity contribution is 7.18. The van der Waals surface area contributed by atoms with Crippen molar-refractivity contribution in [2.75, 3.05) is 18.0 Å². The van der Waals surface area contributed by atoms with Gasteiger partial charge in [0, 0.05) is 36.4 Å². The summed E-state index contributed by atoms with van der Waals surface area (Å²) in [6, 6.07) is 4.84. The van der Waals surface area contributed by atoms with Crippen LogP contribution in [0.4, 0.5) is 5.82 Å². The molecule has 0 amide bonds. The van der Waals surface area contributed by atoms with Gasteiger partial charge in [0.1, 0.15) is 17.0 Å². The summed E-state index contributed by atoms with van der Waals surface area (Å²) < 4.78 is 2.34. The molecule has 1 aliphatic heterocycles. The monoisotopic (exact) mass is 312 g/mol. The first kappa shape index (κ1) is 13.8. The molecule has 4 heterocycles. The highest BCUT2D eigenvalue weighted by Gasteiger charge is 2.23. The topological polar surface area (TPSA) is 34.0 Å². The van der Waals surface area contributed by atoms with Gasteiger partial charge >= 0.3 is 0 Å². The lowest BCUT2D eigenvalue weighted by Gasteiger charge is -2.33. The van der Waals surface area contributed by atoms with Crippen LogP contribution in [0.3, 0.4) is 0 Å². The molecule has 0 unspecified atom stereocenters. The van der Waals surface area contributed by atoms with Crippen molar-refractivity contribution in [1.82, 2.24) is 14.5 Å². The van der Waals surface area contributed by atoms with Crippen molar-refractivity contribution in [3.05, 3.63) is 41.3 Å². The van der Waals surface area contributed by atoms with Crippen molar-refractivity contribution in [3.8, 4) is 0 Å². The van der Waals surface area contributed by atoms with Crippen LogP contribution in [0.15, 0.2) is 30.9 Å². The van der Waals surface area contributed by atoms with Gasteiger partial charge in [-0.1, -0.05) is 0 Å². The van der Waals surface area contributed by atoms with Gasteiger partial charge in [-0.15, -0.1) is 11.3 Å². The molecule has 114 valence electrons. The minimum Gasteiger partial charge on any atom is -0.356 e. The summed E-state index contributed by atoms with van der Waals surface area (Å²) >= 11 is 1.77. The van der Waals surface area contributed by atoms with Crippen molar-refractivity contribution in [1.29, 1.82) is 0 Å². The Kier molecular flexibility index (Phi) is 3.37. The third-order valence-electron chi connectivity index (χ3n) is 4.76. The Morgan fingerprint density at radius 2 is 1.82 bits per heavy atom. The van der Waals surface area contributed by atoms with Gasteiger partial charge in [-0.3, -0.25) is 0 Å². The largest absolute Gasteiger partial charge is 0.356 e.